The molecule has 0 amide bonds. The van der Waals surface area contributed by atoms with E-state index in [1.165, 1.54) is 180 Å². The molecule has 0 aliphatic rings. The SMILES string of the molecule is CCCCCCCCCCCCc1ccc2c(c1)c1cc(CCCCCCCCCCCC)ccc1n2-c1ccccc1. The topological polar surface area (TPSA) is 4.93 Å². The predicted octanol–water partition coefficient (Wildman–Crippen LogP) is 13.7. The number of benzene rings is 3. The molecule has 0 fully saturated rings. The summed E-state index contributed by atoms with van der Waals surface area (Å²) in [4.78, 5) is 0. The molecular formula is C42H61N. The zero-order chi connectivity index (χ0) is 30.0. The van der Waals surface area contributed by atoms with Gasteiger partial charge in [0.15, 0.2) is 0 Å². The second kappa shape index (κ2) is 19.7. The minimum atomic E-state index is 1.20. The lowest BCUT2D eigenvalue weighted by Gasteiger charge is -2.08. The molecule has 0 N–H and O–H groups in total. The maximum atomic E-state index is 2.51. The van der Waals surface area contributed by atoms with E-state index < -0.39 is 0 Å². The highest BCUT2D eigenvalue weighted by atomic mass is 15.0. The Balaban J connectivity index is 1.35. The molecule has 0 saturated heterocycles. The molecule has 0 aliphatic carbocycles. The highest BCUT2D eigenvalue weighted by Crippen LogP contribution is 2.34. The largest absolute Gasteiger partial charge is 0.309 e. The zero-order valence-corrected chi connectivity index (χ0v) is 27.9. The summed E-state index contributed by atoms with van der Waals surface area (Å²) in [5, 5.41) is 2.85. The average molecular weight is 580 g/mol. The first kappa shape index (κ1) is 33.4. The van der Waals surface area contributed by atoms with Crippen LogP contribution in [0.3, 0.4) is 0 Å². The molecule has 0 unspecified atom stereocenters. The molecular weight excluding hydrogens is 518 g/mol. The molecule has 0 radical (unpaired) electrons. The van der Waals surface area contributed by atoms with Crippen LogP contribution < -0.4 is 0 Å². The zero-order valence-electron chi connectivity index (χ0n) is 27.9. The summed E-state index contributed by atoms with van der Waals surface area (Å²) in [7, 11) is 0. The summed E-state index contributed by atoms with van der Waals surface area (Å²) in [5.74, 6) is 0. The first-order chi connectivity index (χ1) is 21.3. The Bertz CT molecular complexity index is 1220. The van der Waals surface area contributed by atoms with Crippen molar-refractivity contribution in [1.82, 2.24) is 4.57 Å². The minimum Gasteiger partial charge on any atom is -0.309 e. The molecule has 1 nitrogen and oxygen atoms in total. The van der Waals surface area contributed by atoms with Crippen LogP contribution in [-0.2, 0) is 12.8 Å². The lowest BCUT2D eigenvalue weighted by atomic mass is 10.0. The summed E-state index contributed by atoms with van der Waals surface area (Å²) < 4.78 is 2.47. The number of hydrogen-bond acceptors (Lipinski definition) is 0. The number of nitrogens with zero attached hydrogens (tertiary/aromatic N) is 1. The Morgan fingerprint density at radius 2 is 0.767 bits per heavy atom. The molecule has 1 heterocycles. The van der Waals surface area contributed by atoms with Crippen LogP contribution in [0.5, 0.6) is 0 Å². The summed E-state index contributed by atoms with van der Waals surface area (Å²) >= 11 is 0. The fraction of sp³-hybridized carbons (Fsp3) is 0.571. The van der Waals surface area contributed by atoms with Crippen molar-refractivity contribution in [3.63, 3.8) is 0 Å². The fourth-order valence-corrected chi connectivity index (χ4v) is 6.92. The Kier molecular flexibility index (Phi) is 15.3. The van der Waals surface area contributed by atoms with Gasteiger partial charge in [-0.1, -0.05) is 160 Å². The lowest BCUT2D eigenvalue weighted by Crippen LogP contribution is -1.94. The second-order valence-electron chi connectivity index (χ2n) is 13.2. The summed E-state index contributed by atoms with van der Waals surface area (Å²) in [6, 6.07) is 25.5. The molecule has 1 aromatic heterocycles. The highest BCUT2D eigenvalue weighted by Gasteiger charge is 2.13. The van der Waals surface area contributed by atoms with E-state index in [0.717, 1.165) is 0 Å². The van der Waals surface area contributed by atoms with Gasteiger partial charge in [0.25, 0.3) is 0 Å². The molecule has 0 spiro atoms. The van der Waals surface area contributed by atoms with E-state index in [1.807, 2.05) is 0 Å². The van der Waals surface area contributed by atoms with E-state index in [9.17, 15) is 0 Å². The first-order valence-corrected chi connectivity index (χ1v) is 18.4. The molecule has 0 saturated carbocycles. The maximum absolute atomic E-state index is 2.51. The summed E-state index contributed by atoms with van der Waals surface area (Å²) in [6.45, 7) is 4.60. The number of fused-ring (bicyclic) bond motifs is 3. The lowest BCUT2D eigenvalue weighted by molar-refractivity contribution is 0.556. The third-order valence-electron chi connectivity index (χ3n) is 9.55. The monoisotopic (exact) mass is 579 g/mol. The number of aromatic nitrogens is 1. The summed E-state index contributed by atoms with van der Waals surface area (Å²) in [6.07, 6.45) is 30.3. The maximum Gasteiger partial charge on any atom is 0.0541 e. The molecule has 4 aromatic rings. The normalized spacial score (nSPS) is 11.7. The van der Waals surface area contributed by atoms with Crippen molar-refractivity contribution < 1.29 is 0 Å². The average Bonchev–Trinajstić information content (AvgIpc) is 3.36. The van der Waals surface area contributed by atoms with Crippen LogP contribution >= 0.6 is 0 Å². The van der Waals surface area contributed by atoms with Gasteiger partial charge >= 0.3 is 0 Å². The molecule has 4 rings (SSSR count). The van der Waals surface area contributed by atoms with Gasteiger partial charge in [0.2, 0.25) is 0 Å². The van der Waals surface area contributed by atoms with Gasteiger partial charge in [-0.05, 0) is 73.2 Å². The molecule has 43 heavy (non-hydrogen) atoms. The summed E-state index contributed by atoms with van der Waals surface area (Å²) in [5.41, 5.74) is 6.93. The van der Waals surface area contributed by atoms with Gasteiger partial charge in [-0.3, -0.25) is 0 Å². The number of aryl methyl sites for hydroxylation is 2. The van der Waals surface area contributed by atoms with Crippen LogP contribution in [0.15, 0.2) is 66.7 Å². The standard InChI is InChI=1S/C42H61N/c1-3-5-7-9-11-13-15-17-19-22-26-36-30-32-41-39(34-36)40-35-37(27-23-20-18-16-14-12-10-8-6-4-2)31-33-42(40)43(41)38-28-24-21-25-29-38/h21,24-25,28-35H,3-20,22-23,26-27H2,1-2H3. The van der Waals surface area contributed by atoms with Gasteiger partial charge in [0, 0.05) is 16.5 Å². The van der Waals surface area contributed by atoms with Gasteiger partial charge in [-0.2, -0.15) is 0 Å². The Morgan fingerprint density at radius 1 is 0.395 bits per heavy atom. The molecule has 1 heteroatoms. The van der Waals surface area contributed by atoms with Crippen LogP contribution in [0.1, 0.15) is 153 Å². The van der Waals surface area contributed by atoms with E-state index in [2.05, 4.69) is 85.1 Å². The van der Waals surface area contributed by atoms with Gasteiger partial charge in [0.1, 0.15) is 0 Å². The van der Waals surface area contributed by atoms with Crippen LogP contribution in [-0.4, -0.2) is 4.57 Å². The first-order valence-electron chi connectivity index (χ1n) is 18.4. The predicted molar refractivity (Wildman–Crippen MR) is 192 cm³/mol. The molecule has 234 valence electrons. The number of rotatable bonds is 23. The second-order valence-corrected chi connectivity index (χ2v) is 13.2. The number of unbranched alkanes of at least 4 members (excludes halogenated alkanes) is 18. The van der Waals surface area contributed by atoms with Crippen LogP contribution in [0.2, 0.25) is 0 Å². The number of hydrogen-bond donors (Lipinski definition) is 0. The van der Waals surface area contributed by atoms with Crippen molar-refractivity contribution in [3.8, 4) is 5.69 Å². The van der Waals surface area contributed by atoms with Gasteiger partial charge in [0.05, 0.1) is 11.0 Å². The molecule has 0 aliphatic heterocycles. The Hall–Kier alpha value is -2.54. The van der Waals surface area contributed by atoms with Crippen LogP contribution in [0.4, 0.5) is 0 Å². The molecule has 0 bridgehead atoms. The van der Waals surface area contributed by atoms with E-state index >= 15 is 0 Å². The highest BCUT2D eigenvalue weighted by molar-refractivity contribution is 6.09. The van der Waals surface area contributed by atoms with E-state index in [1.54, 1.807) is 0 Å². The van der Waals surface area contributed by atoms with E-state index in [4.69, 9.17) is 0 Å². The van der Waals surface area contributed by atoms with Crippen molar-refractivity contribution >= 4 is 21.8 Å². The molecule has 0 atom stereocenters. The third kappa shape index (κ3) is 10.8. The minimum absolute atomic E-state index is 1.20. The van der Waals surface area contributed by atoms with Gasteiger partial charge in [-0.25, -0.2) is 0 Å². The van der Waals surface area contributed by atoms with Gasteiger partial charge < -0.3 is 4.57 Å². The van der Waals surface area contributed by atoms with Crippen molar-refractivity contribution in [2.75, 3.05) is 0 Å². The van der Waals surface area contributed by atoms with Crippen LogP contribution in [0.25, 0.3) is 27.5 Å². The van der Waals surface area contributed by atoms with Gasteiger partial charge in [-0.15, -0.1) is 0 Å². The van der Waals surface area contributed by atoms with Crippen molar-refractivity contribution in [2.45, 2.75) is 155 Å². The Morgan fingerprint density at radius 3 is 1.16 bits per heavy atom. The van der Waals surface area contributed by atoms with Crippen LogP contribution in [0, 0.1) is 0 Å². The smallest absolute Gasteiger partial charge is 0.0541 e. The van der Waals surface area contributed by atoms with Crippen molar-refractivity contribution in [1.29, 1.82) is 0 Å². The van der Waals surface area contributed by atoms with E-state index in [0.29, 0.717) is 0 Å². The Labute approximate surface area is 264 Å². The molecule has 3 aromatic carbocycles. The quantitative estimate of drug-likeness (QED) is 0.0770. The van der Waals surface area contributed by atoms with Crippen molar-refractivity contribution in [3.05, 3.63) is 77.9 Å². The fourth-order valence-electron chi connectivity index (χ4n) is 6.92. The number of para-hydroxylation sites is 1. The third-order valence-corrected chi connectivity index (χ3v) is 9.55. The van der Waals surface area contributed by atoms with E-state index in [-0.39, 0.29) is 0 Å². The van der Waals surface area contributed by atoms with Crippen molar-refractivity contribution in [2.24, 2.45) is 0 Å².